The average molecular weight is 423 g/mol. The van der Waals surface area contributed by atoms with E-state index in [9.17, 15) is 9.59 Å². The van der Waals surface area contributed by atoms with Gasteiger partial charge in [0.2, 0.25) is 5.91 Å². The van der Waals surface area contributed by atoms with E-state index in [1.54, 1.807) is 13.8 Å². The molecule has 1 aliphatic heterocycles. The van der Waals surface area contributed by atoms with Crippen molar-refractivity contribution in [1.29, 1.82) is 0 Å². The second-order valence-corrected chi connectivity index (χ2v) is 8.80. The first kappa shape index (κ1) is 20.9. The molecule has 0 aliphatic carbocycles. The molecule has 0 saturated carbocycles. The molecule has 0 aromatic rings. The quantitative estimate of drug-likeness (QED) is 0.503. The van der Waals surface area contributed by atoms with Gasteiger partial charge in [0.25, 0.3) is 5.91 Å². The standard InChI is InChI=1S/C14H17Cl5N2O2/c1-7(11(15)16)5-9-12(22)21(4)10(13(23)20(9)3)6-8(2)14(17,18)19/h5,8,10H,6H2,1-4H3/b9-5-/t8-,10?/m0/s1. The molecule has 1 heterocycles. The molecule has 2 atom stereocenters. The van der Waals surface area contributed by atoms with Crippen molar-refractivity contribution in [3.05, 3.63) is 21.8 Å². The molecule has 1 fully saturated rings. The second kappa shape index (κ2) is 7.83. The highest BCUT2D eigenvalue weighted by Crippen LogP contribution is 2.38. The smallest absolute Gasteiger partial charge is 0.270 e. The summed E-state index contributed by atoms with van der Waals surface area (Å²) < 4.78 is -1.48. The predicted octanol–water partition coefficient (Wildman–Crippen LogP) is 4.27. The molecular formula is C14H17Cl5N2O2. The third-order valence-electron chi connectivity index (χ3n) is 3.77. The van der Waals surface area contributed by atoms with Crippen molar-refractivity contribution >= 4 is 69.8 Å². The fraction of sp³-hybridized carbons (Fsp3) is 0.571. The Morgan fingerprint density at radius 3 is 2.22 bits per heavy atom. The van der Waals surface area contributed by atoms with E-state index in [0.717, 1.165) is 0 Å². The molecule has 9 heteroatoms. The monoisotopic (exact) mass is 420 g/mol. The number of hydrogen-bond acceptors (Lipinski definition) is 2. The molecule has 2 amide bonds. The van der Waals surface area contributed by atoms with Crippen LogP contribution in [-0.4, -0.2) is 45.5 Å². The number of carbonyl (C=O) groups excluding carboxylic acids is 2. The Kier molecular flexibility index (Phi) is 7.12. The number of carbonyl (C=O) groups is 2. The maximum atomic E-state index is 12.6. The zero-order valence-corrected chi connectivity index (χ0v) is 16.8. The van der Waals surface area contributed by atoms with Crippen LogP contribution in [0.2, 0.25) is 0 Å². The fourth-order valence-corrected chi connectivity index (χ4v) is 2.50. The summed E-state index contributed by atoms with van der Waals surface area (Å²) in [6, 6.07) is -0.703. The number of nitrogens with zero attached hydrogens (tertiary/aromatic N) is 2. The lowest BCUT2D eigenvalue weighted by atomic mass is 9.98. The van der Waals surface area contributed by atoms with Gasteiger partial charge >= 0.3 is 0 Å². The van der Waals surface area contributed by atoms with Crippen molar-refractivity contribution in [3.63, 3.8) is 0 Å². The van der Waals surface area contributed by atoms with E-state index in [-0.39, 0.29) is 28.4 Å². The number of likely N-dealkylation sites (N-methyl/N-ethyl adjacent to an activating group) is 2. The van der Waals surface area contributed by atoms with Crippen LogP contribution in [0.5, 0.6) is 0 Å². The predicted molar refractivity (Wildman–Crippen MR) is 95.9 cm³/mol. The number of allylic oxidation sites excluding steroid dienone is 2. The molecule has 1 aliphatic rings. The summed E-state index contributed by atoms with van der Waals surface area (Å²) in [6.07, 6.45) is 1.71. The average Bonchev–Trinajstić information content (AvgIpc) is 2.44. The fourth-order valence-electron chi connectivity index (χ4n) is 2.12. The number of hydrogen-bond donors (Lipinski definition) is 0. The summed E-state index contributed by atoms with van der Waals surface area (Å²) in [5, 5.41) is 0. The third-order valence-corrected chi connectivity index (χ3v) is 5.48. The van der Waals surface area contributed by atoms with Crippen molar-refractivity contribution in [3.8, 4) is 0 Å². The number of halogens is 5. The molecule has 130 valence electrons. The highest BCUT2D eigenvalue weighted by atomic mass is 35.6. The van der Waals surface area contributed by atoms with E-state index in [1.807, 2.05) is 0 Å². The minimum Gasteiger partial charge on any atom is -0.328 e. The highest BCUT2D eigenvalue weighted by molar-refractivity contribution is 6.67. The van der Waals surface area contributed by atoms with E-state index < -0.39 is 15.8 Å². The van der Waals surface area contributed by atoms with Crippen LogP contribution in [0.15, 0.2) is 21.8 Å². The Labute approximate surface area is 160 Å². The molecule has 4 nitrogen and oxygen atoms in total. The first-order chi connectivity index (χ1) is 10.4. The first-order valence-electron chi connectivity index (χ1n) is 6.73. The first-order valence-corrected chi connectivity index (χ1v) is 8.61. The van der Waals surface area contributed by atoms with Crippen LogP contribution in [0.25, 0.3) is 0 Å². The van der Waals surface area contributed by atoms with E-state index >= 15 is 0 Å². The van der Waals surface area contributed by atoms with Crippen LogP contribution in [-0.2, 0) is 9.59 Å². The van der Waals surface area contributed by atoms with Gasteiger partial charge in [-0.1, -0.05) is 64.9 Å². The number of alkyl halides is 3. The molecule has 0 aromatic heterocycles. The van der Waals surface area contributed by atoms with Gasteiger partial charge in [-0.15, -0.1) is 0 Å². The topological polar surface area (TPSA) is 40.6 Å². The Bertz CT molecular complexity index is 564. The largest absolute Gasteiger partial charge is 0.328 e. The van der Waals surface area contributed by atoms with Crippen molar-refractivity contribution in [1.82, 2.24) is 9.80 Å². The third kappa shape index (κ3) is 4.93. The van der Waals surface area contributed by atoms with Crippen LogP contribution >= 0.6 is 58.0 Å². The van der Waals surface area contributed by atoms with Gasteiger partial charge in [0.1, 0.15) is 16.2 Å². The second-order valence-electron chi connectivity index (χ2n) is 5.48. The van der Waals surface area contributed by atoms with Crippen LogP contribution in [0.3, 0.4) is 0 Å². The molecule has 0 aromatic carbocycles. The van der Waals surface area contributed by atoms with Crippen molar-refractivity contribution in [2.75, 3.05) is 14.1 Å². The SMILES string of the molecule is CC(/C=C1/C(=O)N(C)C(C[C@H](C)C(Cl)(Cl)Cl)C(=O)N1C)=C(Cl)Cl. The lowest BCUT2D eigenvalue weighted by Gasteiger charge is -2.39. The van der Waals surface area contributed by atoms with Crippen LogP contribution in [0, 0.1) is 5.92 Å². The normalized spacial score (nSPS) is 22.7. The zero-order valence-electron chi connectivity index (χ0n) is 13.0. The van der Waals surface area contributed by atoms with Gasteiger partial charge in [0.15, 0.2) is 3.79 Å². The van der Waals surface area contributed by atoms with Gasteiger partial charge in [-0.2, -0.15) is 0 Å². The molecule has 0 bridgehead atoms. The summed E-state index contributed by atoms with van der Waals surface area (Å²) in [4.78, 5) is 27.7. The molecular weight excluding hydrogens is 405 g/mol. The Hall–Kier alpha value is -0.130. The molecule has 1 rings (SSSR count). The Balaban J connectivity index is 3.12. The van der Waals surface area contributed by atoms with E-state index in [1.165, 1.54) is 30.0 Å². The highest BCUT2D eigenvalue weighted by Gasteiger charge is 2.42. The van der Waals surface area contributed by atoms with Gasteiger partial charge < -0.3 is 9.80 Å². The molecule has 1 saturated heterocycles. The molecule has 0 radical (unpaired) electrons. The lowest BCUT2D eigenvalue weighted by Crippen LogP contribution is -2.56. The van der Waals surface area contributed by atoms with Gasteiger partial charge in [0.05, 0.1) is 0 Å². The van der Waals surface area contributed by atoms with Gasteiger partial charge in [-0.3, -0.25) is 9.59 Å². The Morgan fingerprint density at radius 2 is 1.78 bits per heavy atom. The van der Waals surface area contributed by atoms with Gasteiger partial charge in [-0.25, -0.2) is 0 Å². The van der Waals surface area contributed by atoms with Crippen LogP contribution in [0.4, 0.5) is 0 Å². The molecule has 23 heavy (non-hydrogen) atoms. The summed E-state index contributed by atoms with van der Waals surface area (Å²) >= 11 is 29.0. The zero-order chi connectivity index (χ0) is 18.1. The van der Waals surface area contributed by atoms with Crippen LogP contribution < -0.4 is 0 Å². The van der Waals surface area contributed by atoms with Crippen molar-refractivity contribution < 1.29 is 9.59 Å². The van der Waals surface area contributed by atoms with Crippen molar-refractivity contribution in [2.24, 2.45) is 5.92 Å². The molecule has 0 spiro atoms. The number of piperazine rings is 1. The van der Waals surface area contributed by atoms with Crippen LogP contribution in [0.1, 0.15) is 20.3 Å². The maximum Gasteiger partial charge on any atom is 0.270 e. The summed E-state index contributed by atoms with van der Waals surface area (Å²) in [6.45, 7) is 3.36. The lowest BCUT2D eigenvalue weighted by molar-refractivity contribution is -0.149. The minimum absolute atomic E-state index is 0.0285. The Morgan fingerprint density at radius 1 is 1.26 bits per heavy atom. The molecule has 0 N–H and O–H groups in total. The van der Waals surface area contributed by atoms with E-state index in [2.05, 4.69) is 0 Å². The van der Waals surface area contributed by atoms with Gasteiger partial charge in [-0.05, 0) is 25.0 Å². The summed E-state index contributed by atoms with van der Waals surface area (Å²) in [5.41, 5.74) is 0.671. The summed E-state index contributed by atoms with van der Waals surface area (Å²) in [5.74, 6) is -1.00. The summed E-state index contributed by atoms with van der Waals surface area (Å²) in [7, 11) is 3.06. The molecule has 1 unspecified atom stereocenters. The number of amides is 2. The minimum atomic E-state index is -1.51. The maximum absolute atomic E-state index is 12.6. The van der Waals surface area contributed by atoms with E-state index in [4.69, 9.17) is 58.0 Å². The van der Waals surface area contributed by atoms with E-state index in [0.29, 0.717) is 5.57 Å². The van der Waals surface area contributed by atoms with Gasteiger partial charge in [0, 0.05) is 20.0 Å². The van der Waals surface area contributed by atoms with Crippen molar-refractivity contribution in [2.45, 2.75) is 30.1 Å². The number of rotatable bonds is 3.